The molecule has 7 heteroatoms. The fourth-order valence-corrected chi connectivity index (χ4v) is 2.51. The van der Waals surface area contributed by atoms with Crippen molar-refractivity contribution in [1.82, 2.24) is 5.32 Å². The van der Waals surface area contributed by atoms with Crippen LogP contribution in [0, 0.1) is 0 Å². The van der Waals surface area contributed by atoms with Gasteiger partial charge in [-0.15, -0.1) is 0 Å². The van der Waals surface area contributed by atoms with E-state index in [-0.39, 0.29) is 6.42 Å². The number of carboxylic acids is 1. The van der Waals surface area contributed by atoms with Crippen LogP contribution in [0.1, 0.15) is 25.7 Å². The number of carbonyl (C=O) groups excluding carboxylic acids is 1. The van der Waals surface area contributed by atoms with Gasteiger partial charge < -0.3 is 15.7 Å². The first-order valence-electron chi connectivity index (χ1n) is 6.16. The fraction of sp³-hybridized carbons (Fsp3) is 0.385. The van der Waals surface area contributed by atoms with E-state index in [1.54, 1.807) is 12.1 Å². The van der Waals surface area contributed by atoms with E-state index in [2.05, 4.69) is 10.6 Å². The number of amides is 2. The van der Waals surface area contributed by atoms with E-state index < -0.39 is 17.5 Å². The number of aliphatic carboxylic acids is 1. The fourth-order valence-electron chi connectivity index (χ4n) is 2.22. The van der Waals surface area contributed by atoms with E-state index in [0.717, 1.165) is 6.42 Å². The number of rotatable bonds is 4. The first-order chi connectivity index (χ1) is 9.40. The molecule has 1 saturated carbocycles. The van der Waals surface area contributed by atoms with E-state index in [0.29, 0.717) is 28.6 Å². The summed E-state index contributed by atoms with van der Waals surface area (Å²) >= 11 is 11.6. The highest BCUT2D eigenvalue weighted by Gasteiger charge is 2.40. The molecule has 2 rings (SSSR count). The zero-order valence-electron chi connectivity index (χ0n) is 10.6. The molecule has 1 aromatic carbocycles. The maximum absolute atomic E-state index is 11.9. The second kappa shape index (κ2) is 5.89. The summed E-state index contributed by atoms with van der Waals surface area (Å²) in [5, 5.41) is 15.0. The highest BCUT2D eigenvalue weighted by molar-refractivity contribution is 6.42. The first kappa shape index (κ1) is 14.9. The summed E-state index contributed by atoms with van der Waals surface area (Å²) < 4.78 is 0. The Morgan fingerprint density at radius 2 is 1.95 bits per heavy atom. The molecule has 0 spiro atoms. The Balaban J connectivity index is 1.97. The molecule has 0 aliphatic heterocycles. The molecule has 3 N–H and O–H groups in total. The molecule has 0 atom stereocenters. The van der Waals surface area contributed by atoms with Gasteiger partial charge in [-0.2, -0.15) is 0 Å². The number of hydrogen-bond donors (Lipinski definition) is 3. The molecular weight excluding hydrogens is 303 g/mol. The Kier molecular flexibility index (Phi) is 4.40. The Morgan fingerprint density at radius 1 is 1.25 bits per heavy atom. The molecule has 2 amide bonds. The number of nitrogens with one attached hydrogen (secondary N) is 2. The third-order valence-electron chi connectivity index (χ3n) is 3.36. The average Bonchev–Trinajstić information content (AvgIpc) is 2.30. The van der Waals surface area contributed by atoms with Crippen LogP contribution in [0.3, 0.4) is 0 Å². The quantitative estimate of drug-likeness (QED) is 0.795. The lowest BCUT2D eigenvalue weighted by atomic mass is 9.74. The number of carbonyl (C=O) groups is 2. The monoisotopic (exact) mass is 316 g/mol. The Hall–Kier alpha value is -1.46. The van der Waals surface area contributed by atoms with Crippen molar-refractivity contribution in [3.63, 3.8) is 0 Å². The summed E-state index contributed by atoms with van der Waals surface area (Å²) in [6.07, 6.45) is 2.20. The molecule has 1 aliphatic rings. The molecule has 0 aromatic heterocycles. The number of benzene rings is 1. The lowest BCUT2D eigenvalue weighted by Gasteiger charge is -2.41. The van der Waals surface area contributed by atoms with Gasteiger partial charge in [0.2, 0.25) is 0 Å². The topological polar surface area (TPSA) is 78.4 Å². The van der Waals surface area contributed by atoms with E-state index in [1.807, 2.05) is 0 Å². The molecular formula is C13H14Cl2N2O3. The molecule has 0 radical (unpaired) electrons. The lowest BCUT2D eigenvalue weighted by molar-refractivity contribution is -0.139. The Morgan fingerprint density at radius 3 is 2.45 bits per heavy atom. The van der Waals surface area contributed by atoms with E-state index in [1.165, 1.54) is 6.07 Å². The molecule has 5 nitrogen and oxygen atoms in total. The highest BCUT2D eigenvalue weighted by Crippen LogP contribution is 2.35. The second-order valence-electron chi connectivity index (χ2n) is 4.91. The number of urea groups is 1. The predicted molar refractivity (Wildman–Crippen MR) is 77.5 cm³/mol. The van der Waals surface area contributed by atoms with Crippen molar-refractivity contribution in [2.45, 2.75) is 31.2 Å². The second-order valence-corrected chi connectivity index (χ2v) is 5.73. The van der Waals surface area contributed by atoms with Crippen molar-refractivity contribution in [3.05, 3.63) is 28.2 Å². The molecule has 1 fully saturated rings. The molecule has 20 heavy (non-hydrogen) atoms. The van der Waals surface area contributed by atoms with Gasteiger partial charge in [-0.05, 0) is 37.5 Å². The minimum atomic E-state index is -0.917. The predicted octanol–water partition coefficient (Wildman–Crippen LogP) is 3.51. The van der Waals surface area contributed by atoms with Crippen molar-refractivity contribution in [2.75, 3.05) is 5.32 Å². The molecule has 0 saturated heterocycles. The van der Waals surface area contributed by atoms with Gasteiger partial charge in [0.05, 0.1) is 22.0 Å². The number of hydrogen-bond acceptors (Lipinski definition) is 2. The van der Waals surface area contributed by atoms with Crippen LogP contribution in [0.4, 0.5) is 10.5 Å². The van der Waals surface area contributed by atoms with Crippen LogP contribution in [-0.4, -0.2) is 22.6 Å². The van der Waals surface area contributed by atoms with Crippen LogP contribution < -0.4 is 10.6 Å². The van der Waals surface area contributed by atoms with Crippen LogP contribution in [0.5, 0.6) is 0 Å². The minimum Gasteiger partial charge on any atom is -0.481 e. The van der Waals surface area contributed by atoms with Crippen molar-refractivity contribution < 1.29 is 14.7 Å². The van der Waals surface area contributed by atoms with E-state index >= 15 is 0 Å². The highest BCUT2D eigenvalue weighted by atomic mass is 35.5. The molecule has 0 bridgehead atoms. The van der Waals surface area contributed by atoms with Gasteiger partial charge in [-0.3, -0.25) is 4.79 Å². The summed E-state index contributed by atoms with van der Waals surface area (Å²) in [6, 6.07) is 4.30. The molecule has 108 valence electrons. The van der Waals surface area contributed by atoms with Crippen LogP contribution in [0.25, 0.3) is 0 Å². The molecule has 1 aromatic rings. The van der Waals surface area contributed by atoms with Gasteiger partial charge in [-0.25, -0.2) is 4.79 Å². The first-order valence-corrected chi connectivity index (χ1v) is 6.92. The van der Waals surface area contributed by atoms with Gasteiger partial charge in [0.1, 0.15) is 0 Å². The van der Waals surface area contributed by atoms with Crippen molar-refractivity contribution in [2.24, 2.45) is 0 Å². The van der Waals surface area contributed by atoms with Crippen LogP contribution >= 0.6 is 23.2 Å². The maximum Gasteiger partial charge on any atom is 0.319 e. The van der Waals surface area contributed by atoms with Crippen LogP contribution in [0.15, 0.2) is 18.2 Å². The molecule has 0 heterocycles. The van der Waals surface area contributed by atoms with Crippen LogP contribution in [-0.2, 0) is 4.79 Å². The Bertz CT molecular complexity index is 544. The zero-order chi connectivity index (χ0) is 14.8. The van der Waals surface area contributed by atoms with Gasteiger partial charge in [0.15, 0.2) is 0 Å². The SMILES string of the molecule is O=C(O)CC1(NC(=O)Nc2ccc(Cl)c(Cl)c2)CCC1. The number of anilines is 1. The van der Waals surface area contributed by atoms with E-state index in [9.17, 15) is 9.59 Å². The zero-order valence-corrected chi connectivity index (χ0v) is 12.1. The summed E-state index contributed by atoms with van der Waals surface area (Å²) in [6.45, 7) is 0. The number of carboxylic acid groups (broad SMARTS) is 1. The summed E-state index contributed by atoms with van der Waals surface area (Å²) in [7, 11) is 0. The minimum absolute atomic E-state index is 0.0677. The average molecular weight is 317 g/mol. The van der Waals surface area contributed by atoms with Crippen molar-refractivity contribution in [1.29, 1.82) is 0 Å². The molecule has 0 unspecified atom stereocenters. The van der Waals surface area contributed by atoms with E-state index in [4.69, 9.17) is 28.3 Å². The third-order valence-corrected chi connectivity index (χ3v) is 4.10. The smallest absolute Gasteiger partial charge is 0.319 e. The third kappa shape index (κ3) is 3.55. The standard InChI is InChI=1S/C13H14Cl2N2O3/c14-9-3-2-8(6-10(9)15)16-12(20)17-13(4-1-5-13)7-11(18)19/h2-3,6H,1,4-5,7H2,(H,18,19)(H2,16,17,20). The lowest BCUT2D eigenvalue weighted by Crippen LogP contribution is -2.55. The van der Waals surface area contributed by atoms with Gasteiger partial charge in [0.25, 0.3) is 0 Å². The van der Waals surface area contributed by atoms with Crippen LogP contribution in [0.2, 0.25) is 10.0 Å². The van der Waals surface area contributed by atoms with Gasteiger partial charge >= 0.3 is 12.0 Å². The summed E-state index contributed by atoms with van der Waals surface area (Å²) in [5.41, 5.74) is -0.131. The largest absolute Gasteiger partial charge is 0.481 e. The van der Waals surface area contributed by atoms with Gasteiger partial charge in [0, 0.05) is 5.69 Å². The van der Waals surface area contributed by atoms with Crippen molar-refractivity contribution >= 4 is 40.9 Å². The normalized spacial score (nSPS) is 16.1. The van der Waals surface area contributed by atoms with Gasteiger partial charge in [-0.1, -0.05) is 23.2 Å². The Labute approximate surface area is 126 Å². The number of halogens is 2. The summed E-state index contributed by atoms with van der Waals surface area (Å²) in [5.74, 6) is -0.917. The van der Waals surface area contributed by atoms with Crippen molar-refractivity contribution in [3.8, 4) is 0 Å². The maximum atomic E-state index is 11.9. The molecule has 1 aliphatic carbocycles. The summed E-state index contributed by atoms with van der Waals surface area (Å²) in [4.78, 5) is 22.7.